The lowest BCUT2D eigenvalue weighted by atomic mass is 10.1. The Morgan fingerprint density at radius 2 is 1.45 bits per heavy atom. The molecule has 0 saturated heterocycles. The highest BCUT2D eigenvalue weighted by Gasteiger charge is 2.11. The molecule has 0 aliphatic rings. The zero-order valence-corrected chi connectivity index (χ0v) is 12.6. The summed E-state index contributed by atoms with van der Waals surface area (Å²) in [6.07, 6.45) is 0. The maximum Gasteiger partial charge on any atom is 0.157 e. The van der Waals surface area contributed by atoms with Gasteiger partial charge in [0.1, 0.15) is 18.2 Å². The van der Waals surface area contributed by atoms with Crippen LogP contribution in [-0.2, 0) is 6.61 Å². The van der Waals surface area contributed by atoms with Crippen LogP contribution < -0.4 is 4.74 Å². The summed E-state index contributed by atoms with van der Waals surface area (Å²) in [7, 11) is 0. The first-order valence-electron chi connectivity index (χ1n) is 5.60. The molecule has 2 aromatic carbocycles. The Balaban J connectivity index is 2.21. The maximum absolute atomic E-state index is 13.4. The van der Waals surface area contributed by atoms with E-state index in [4.69, 9.17) is 39.5 Å². The van der Waals surface area contributed by atoms with Crippen LogP contribution in [0.2, 0.25) is 15.1 Å². The van der Waals surface area contributed by atoms with Gasteiger partial charge in [0.2, 0.25) is 0 Å². The van der Waals surface area contributed by atoms with Gasteiger partial charge in [0, 0.05) is 10.6 Å². The topological polar surface area (TPSA) is 9.23 Å². The van der Waals surface area contributed by atoms with Crippen molar-refractivity contribution in [2.24, 2.45) is 0 Å². The lowest BCUT2D eigenvalue weighted by molar-refractivity contribution is 0.305. The van der Waals surface area contributed by atoms with Crippen LogP contribution in [0, 0.1) is 18.6 Å². The minimum absolute atomic E-state index is 0.0312. The Morgan fingerprint density at radius 3 is 1.95 bits per heavy atom. The van der Waals surface area contributed by atoms with E-state index in [1.165, 1.54) is 31.2 Å². The van der Waals surface area contributed by atoms with Crippen LogP contribution in [0.3, 0.4) is 0 Å². The number of hydrogen-bond acceptors (Lipinski definition) is 1. The predicted octanol–water partition coefficient (Wildman–Crippen LogP) is 5.81. The van der Waals surface area contributed by atoms with Crippen LogP contribution in [-0.4, -0.2) is 0 Å². The molecule has 0 aliphatic heterocycles. The fourth-order valence-electron chi connectivity index (χ4n) is 1.60. The minimum atomic E-state index is -0.628. The molecule has 2 rings (SSSR count). The maximum atomic E-state index is 13.4. The molecule has 0 atom stereocenters. The average Bonchev–Trinajstić information content (AvgIpc) is 2.34. The minimum Gasteiger partial charge on any atom is -0.486 e. The summed E-state index contributed by atoms with van der Waals surface area (Å²) in [6, 6.07) is 5.35. The van der Waals surface area contributed by atoms with Crippen molar-refractivity contribution >= 4 is 34.8 Å². The molecule has 0 amide bonds. The summed E-state index contributed by atoms with van der Waals surface area (Å²) in [5.74, 6) is -1.03. The van der Waals surface area contributed by atoms with E-state index in [9.17, 15) is 8.78 Å². The molecule has 106 valence electrons. The Labute approximate surface area is 130 Å². The van der Waals surface area contributed by atoms with Gasteiger partial charge in [0.05, 0.1) is 10.0 Å². The highest BCUT2D eigenvalue weighted by molar-refractivity contribution is 6.40. The van der Waals surface area contributed by atoms with Crippen LogP contribution in [0.25, 0.3) is 0 Å². The molecular weight excluding hydrogens is 329 g/mol. The second-order valence-corrected chi connectivity index (χ2v) is 5.42. The van der Waals surface area contributed by atoms with Crippen molar-refractivity contribution in [1.82, 2.24) is 0 Å². The van der Waals surface area contributed by atoms with Crippen LogP contribution in [0.5, 0.6) is 5.75 Å². The van der Waals surface area contributed by atoms with Crippen LogP contribution in [0.15, 0.2) is 24.3 Å². The van der Waals surface area contributed by atoms with Crippen molar-refractivity contribution in [2.75, 3.05) is 0 Å². The molecule has 0 aromatic heterocycles. The molecule has 0 fully saturated rings. The first kappa shape index (κ1) is 15.4. The van der Waals surface area contributed by atoms with Crippen molar-refractivity contribution in [3.8, 4) is 5.75 Å². The van der Waals surface area contributed by atoms with E-state index >= 15 is 0 Å². The first-order valence-corrected chi connectivity index (χ1v) is 6.73. The van der Waals surface area contributed by atoms with Gasteiger partial charge in [-0.15, -0.1) is 0 Å². The fourth-order valence-corrected chi connectivity index (χ4v) is 2.53. The molecule has 0 heterocycles. The van der Waals surface area contributed by atoms with Crippen LogP contribution in [0.1, 0.15) is 11.1 Å². The Bertz CT molecular complexity index is 613. The molecule has 2 aromatic rings. The van der Waals surface area contributed by atoms with Gasteiger partial charge in [-0.3, -0.25) is 0 Å². The van der Waals surface area contributed by atoms with Gasteiger partial charge in [-0.25, -0.2) is 8.78 Å². The standard InChI is InChI=1S/C14H9Cl3F2O/c1-7-12(18)2-8(3-13(7)19)6-20-14-10(16)4-9(15)5-11(14)17/h2-5H,6H2,1H3. The molecule has 0 spiro atoms. The van der Waals surface area contributed by atoms with E-state index in [1.807, 2.05) is 0 Å². The molecule has 0 aliphatic carbocycles. The van der Waals surface area contributed by atoms with Crippen LogP contribution in [0.4, 0.5) is 8.78 Å². The first-order chi connectivity index (χ1) is 9.38. The monoisotopic (exact) mass is 336 g/mol. The van der Waals surface area contributed by atoms with Gasteiger partial charge >= 0.3 is 0 Å². The van der Waals surface area contributed by atoms with Gasteiger partial charge in [-0.1, -0.05) is 34.8 Å². The quantitative estimate of drug-likeness (QED) is 0.686. The van der Waals surface area contributed by atoms with Crippen molar-refractivity contribution in [2.45, 2.75) is 13.5 Å². The molecule has 20 heavy (non-hydrogen) atoms. The van der Waals surface area contributed by atoms with Crippen molar-refractivity contribution in [3.05, 3.63) is 62.1 Å². The van der Waals surface area contributed by atoms with E-state index in [2.05, 4.69) is 0 Å². The van der Waals surface area contributed by atoms with E-state index in [0.29, 0.717) is 10.6 Å². The van der Waals surface area contributed by atoms with Gasteiger partial charge in [0.25, 0.3) is 0 Å². The third kappa shape index (κ3) is 3.35. The molecule has 0 bridgehead atoms. The van der Waals surface area contributed by atoms with E-state index < -0.39 is 11.6 Å². The molecule has 0 unspecified atom stereocenters. The summed E-state index contributed by atoms with van der Waals surface area (Å²) in [5.41, 5.74) is 0.309. The van der Waals surface area contributed by atoms with E-state index in [1.54, 1.807) is 0 Å². The molecular formula is C14H9Cl3F2O. The summed E-state index contributed by atoms with van der Waals surface area (Å²) < 4.78 is 32.2. The van der Waals surface area contributed by atoms with Crippen molar-refractivity contribution in [3.63, 3.8) is 0 Å². The Morgan fingerprint density at radius 1 is 0.950 bits per heavy atom. The summed E-state index contributed by atoms with van der Waals surface area (Å²) in [4.78, 5) is 0. The second kappa shape index (κ2) is 6.17. The number of benzene rings is 2. The third-order valence-corrected chi connectivity index (χ3v) is 3.47. The number of halogens is 5. The molecule has 0 radical (unpaired) electrons. The zero-order valence-electron chi connectivity index (χ0n) is 10.3. The normalized spacial score (nSPS) is 10.7. The van der Waals surface area contributed by atoms with Gasteiger partial charge < -0.3 is 4.74 Å². The molecule has 6 heteroatoms. The van der Waals surface area contributed by atoms with Crippen molar-refractivity contribution in [1.29, 1.82) is 0 Å². The zero-order chi connectivity index (χ0) is 14.9. The highest BCUT2D eigenvalue weighted by atomic mass is 35.5. The second-order valence-electron chi connectivity index (χ2n) is 4.17. The molecule has 0 N–H and O–H groups in total. The van der Waals surface area contributed by atoms with Gasteiger partial charge in [0.15, 0.2) is 5.75 Å². The number of hydrogen-bond donors (Lipinski definition) is 0. The summed E-state index contributed by atoms with van der Waals surface area (Å²) in [5, 5.41) is 0.839. The van der Waals surface area contributed by atoms with Gasteiger partial charge in [-0.05, 0) is 36.8 Å². The lowest BCUT2D eigenvalue weighted by Gasteiger charge is -2.11. The van der Waals surface area contributed by atoms with E-state index in [0.717, 1.165) is 0 Å². The smallest absolute Gasteiger partial charge is 0.157 e. The van der Waals surface area contributed by atoms with E-state index in [-0.39, 0.29) is 28.0 Å². The predicted molar refractivity (Wildman–Crippen MR) is 76.9 cm³/mol. The SMILES string of the molecule is Cc1c(F)cc(COc2c(Cl)cc(Cl)cc2Cl)cc1F. The summed E-state index contributed by atoms with van der Waals surface area (Å²) in [6.45, 7) is 1.30. The van der Waals surface area contributed by atoms with Crippen LogP contribution >= 0.6 is 34.8 Å². The largest absolute Gasteiger partial charge is 0.486 e. The highest BCUT2D eigenvalue weighted by Crippen LogP contribution is 2.36. The molecule has 1 nitrogen and oxygen atoms in total. The summed E-state index contributed by atoms with van der Waals surface area (Å²) >= 11 is 17.7. The number of ether oxygens (including phenoxy) is 1. The van der Waals surface area contributed by atoms with Crippen molar-refractivity contribution < 1.29 is 13.5 Å². The average molecular weight is 338 g/mol. The third-order valence-electron chi connectivity index (χ3n) is 2.69. The fraction of sp³-hybridized carbons (Fsp3) is 0.143. The van der Waals surface area contributed by atoms with Gasteiger partial charge in [-0.2, -0.15) is 0 Å². The Hall–Kier alpha value is -1.03. The Kier molecular flexibility index (Phi) is 4.74. The number of rotatable bonds is 3. The lowest BCUT2D eigenvalue weighted by Crippen LogP contribution is -2.00. The molecule has 0 saturated carbocycles.